The van der Waals surface area contributed by atoms with E-state index in [-0.39, 0.29) is 6.09 Å². The van der Waals surface area contributed by atoms with E-state index in [1.54, 1.807) is 11.9 Å². The first-order valence-electron chi connectivity index (χ1n) is 8.55. The Bertz CT molecular complexity index is 885. The minimum Gasteiger partial charge on any atom is -0.444 e. The molecule has 7 heteroatoms. The van der Waals surface area contributed by atoms with Crippen LogP contribution in [0.25, 0.3) is 17.0 Å². The van der Waals surface area contributed by atoms with Crippen molar-refractivity contribution < 1.29 is 13.9 Å². The topological polar surface area (TPSA) is 77.6 Å². The third kappa shape index (κ3) is 4.04. The quantitative estimate of drug-likeness (QED) is 0.825. The number of carbonyl (C=O) groups excluding carboxylic acids is 1. The molecule has 138 valence electrons. The van der Waals surface area contributed by atoms with E-state index in [0.717, 1.165) is 22.2 Å². The maximum atomic E-state index is 12.1. The third-order valence-electron chi connectivity index (χ3n) is 4.05. The van der Waals surface area contributed by atoms with E-state index in [1.165, 1.54) is 5.57 Å². The molecule has 0 bridgehead atoms. The van der Waals surface area contributed by atoms with Crippen molar-refractivity contribution in [3.63, 3.8) is 0 Å². The molecule has 0 unspecified atom stereocenters. The summed E-state index contributed by atoms with van der Waals surface area (Å²) in [5.41, 5.74) is 2.52. The Kier molecular flexibility index (Phi) is 4.71. The Morgan fingerprint density at radius 2 is 1.85 bits per heavy atom. The summed E-state index contributed by atoms with van der Waals surface area (Å²) >= 11 is 0. The van der Waals surface area contributed by atoms with E-state index in [0.29, 0.717) is 19.0 Å². The fourth-order valence-corrected chi connectivity index (χ4v) is 2.71. The molecule has 0 saturated heterocycles. The number of hydrogen-bond donors (Lipinski definition) is 0. The van der Waals surface area contributed by atoms with Crippen molar-refractivity contribution >= 4 is 11.7 Å². The molecule has 0 aliphatic carbocycles. The van der Waals surface area contributed by atoms with Gasteiger partial charge in [0, 0.05) is 25.7 Å². The molecule has 2 aromatic rings. The molecular weight excluding hydrogens is 334 g/mol. The molecule has 7 nitrogen and oxygen atoms in total. The van der Waals surface area contributed by atoms with Crippen molar-refractivity contribution in [2.24, 2.45) is 7.05 Å². The molecule has 0 N–H and O–H groups in total. The van der Waals surface area contributed by atoms with E-state index in [2.05, 4.69) is 5.10 Å². The van der Waals surface area contributed by atoms with Gasteiger partial charge >= 0.3 is 11.8 Å². The Morgan fingerprint density at radius 3 is 2.35 bits per heavy atom. The predicted molar refractivity (Wildman–Crippen MR) is 97.6 cm³/mol. The minimum absolute atomic E-state index is 0.284. The smallest absolute Gasteiger partial charge is 0.437 e. The van der Waals surface area contributed by atoms with Gasteiger partial charge in [0.15, 0.2) is 0 Å². The SMILES string of the molecule is Cn1nc(-c2ccc(C3=CCN(C(=O)OC(C)(C)C)CC3)cc2)oc1=O. The van der Waals surface area contributed by atoms with Gasteiger partial charge in [-0.2, -0.15) is 4.68 Å². The Hall–Kier alpha value is -2.83. The number of amides is 1. The van der Waals surface area contributed by atoms with E-state index >= 15 is 0 Å². The first-order chi connectivity index (χ1) is 12.2. The van der Waals surface area contributed by atoms with Gasteiger partial charge in [-0.1, -0.05) is 18.2 Å². The fourth-order valence-electron chi connectivity index (χ4n) is 2.71. The average Bonchev–Trinajstić information content (AvgIpc) is 2.93. The lowest BCUT2D eigenvalue weighted by Gasteiger charge is -2.29. The zero-order valence-electron chi connectivity index (χ0n) is 15.5. The van der Waals surface area contributed by atoms with E-state index < -0.39 is 11.4 Å². The minimum atomic E-state index is -0.489. The summed E-state index contributed by atoms with van der Waals surface area (Å²) in [7, 11) is 1.55. The van der Waals surface area contributed by atoms with Gasteiger partial charge < -0.3 is 14.1 Å². The van der Waals surface area contributed by atoms with E-state index in [9.17, 15) is 9.59 Å². The molecule has 0 fully saturated rings. The second-order valence-corrected chi connectivity index (χ2v) is 7.28. The van der Waals surface area contributed by atoms with Crippen molar-refractivity contribution in [2.45, 2.75) is 32.8 Å². The van der Waals surface area contributed by atoms with Crippen LogP contribution < -0.4 is 5.76 Å². The maximum absolute atomic E-state index is 12.1. The van der Waals surface area contributed by atoms with Crippen LogP contribution in [0, 0.1) is 0 Å². The molecule has 0 spiro atoms. The maximum Gasteiger partial charge on any atom is 0.437 e. The number of rotatable bonds is 2. The van der Waals surface area contributed by atoms with Crippen LogP contribution in [0.1, 0.15) is 32.8 Å². The molecule has 1 aliphatic heterocycles. The highest BCUT2D eigenvalue weighted by molar-refractivity contribution is 5.73. The van der Waals surface area contributed by atoms with Gasteiger partial charge in [-0.25, -0.2) is 9.59 Å². The summed E-state index contributed by atoms with van der Waals surface area (Å²) in [5, 5.41) is 4.05. The number of nitrogens with zero attached hydrogens (tertiary/aromatic N) is 3. The second kappa shape index (κ2) is 6.82. The van der Waals surface area contributed by atoms with Gasteiger partial charge in [-0.3, -0.25) is 0 Å². The van der Waals surface area contributed by atoms with E-state index in [4.69, 9.17) is 9.15 Å². The van der Waals surface area contributed by atoms with Crippen molar-refractivity contribution in [1.29, 1.82) is 0 Å². The zero-order valence-corrected chi connectivity index (χ0v) is 15.5. The van der Waals surface area contributed by atoms with Crippen LogP contribution in [0.15, 0.2) is 39.6 Å². The summed E-state index contributed by atoms with van der Waals surface area (Å²) in [6, 6.07) is 7.70. The van der Waals surface area contributed by atoms with Crippen molar-refractivity contribution in [3.8, 4) is 11.5 Å². The molecule has 1 aromatic heterocycles. The van der Waals surface area contributed by atoms with Crippen LogP contribution in [0.2, 0.25) is 0 Å². The summed E-state index contributed by atoms with van der Waals surface area (Å²) < 4.78 is 11.7. The van der Waals surface area contributed by atoms with Gasteiger partial charge in [-0.05, 0) is 50.5 Å². The van der Waals surface area contributed by atoms with Gasteiger partial charge in [0.25, 0.3) is 0 Å². The van der Waals surface area contributed by atoms with Crippen molar-refractivity contribution in [1.82, 2.24) is 14.7 Å². The molecule has 1 aliphatic rings. The normalized spacial score (nSPS) is 14.9. The first kappa shape index (κ1) is 18.0. The Labute approximate surface area is 151 Å². The fraction of sp³-hybridized carbons (Fsp3) is 0.421. The monoisotopic (exact) mass is 357 g/mol. The Morgan fingerprint density at radius 1 is 1.19 bits per heavy atom. The molecule has 26 heavy (non-hydrogen) atoms. The van der Waals surface area contributed by atoms with Gasteiger partial charge in [0.2, 0.25) is 5.89 Å². The summed E-state index contributed by atoms with van der Waals surface area (Å²) in [5.74, 6) is -0.181. The molecule has 2 heterocycles. The molecule has 1 amide bonds. The van der Waals surface area contributed by atoms with Crippen LogP contribution in [-0.2, 0) is 11.8 Å². The van der Waals surface area contributed by atoms with E-state index in [1.807, 2.05) is 51.1 Å². The molecule has 3 rings (SSSR count). The van der Waals surface area contributed by atoms with Crippen LogP contribution in [0.4, 0.5) is 4.79 Å². The number of aryl methyl sites for hydroxylation is 1. The first-order valence-corrected chi connectivity index (χ1v) is 8.55. The van der Waals surface area contributed by atoms with Gasteiger partial charge in [0.1, 0.15) is 5.60 Å². The van der Waals surface area contributed by atoms with Crippen LogP contribution in [0.5, 0.6) is 0 Å². The zero-order chi connectivity index (χ0) is 18.9. The molecule has 0 radical (unpaired) electrons. The highest BCUT2D eigenvalue weighted by atomic mass is 16.6. The number of carbonyl (C=O) groups is 1. The highest BCUT2D eigenvalue weighted by Gasteiger charge is 2.23. The molecule has 0 atom stereocenters. The number of benzene rings is 1. The van der Waals surface area contributed by atoms with Crippen LogP contribution >= 0.6 is 0 Å². The molecular formula is C19H23N3O4. The summed E-state index contributed by atoms with van der Waals surface area (Å²) in [4.78, 5) is 25.2. The van der Waals surface area contributed by atoms with Crippen LogP contribution in [0.3, 0.4) is 0 Å². The highest BCUT2D eigenvalue weighted by Crippen LogP contribution is 2.25. The average molecular weight is 357 g/mol. The summed E-state index contributed by atoms with van der Waals surface area (Å²) in [6.07, 6.45) is 2.52. The van der Waals surface area contributed by atoms with Crippen molar-refractivity contribution in [3.05, 3.63) is 46.5 Å². The Balaban J connectivity index is 1.69. The van der Waals surface area contributed by atoms with Crippen molar-refractivity contribution in [2.75, 3.05) is 13.1 Å². The summed E-state index contributed by atoms with van der Waals surface area (Å²) in [6.45, 7) is 6.74. The van der Waals surface area contributed by atoms with Gasteiger partial charge in [-0.15, -0.1) is 5.10 Å². The lowest BCUT2D eigenvalue weighted by Crippen LogP contribution is -2.39. The lowest BCUT2D eigenvalue weighted by atomic mass is 9.98. The van der Waals surface area contributed by atoms with Crippen LogP contribution in [-0.4, -0.2) is 39.5 Å². The largest absolute Gasteiger partial charge is 0.444 e. The standard InChI is InChI=1S/C19H23N3O4/c1-19(2,3)26-18(24)22-11-9-14(10-12-22)13-5-7-15(8-6-13)16-20-21(4)17(23)25-16/h5-9H,10-12H2,1-4H3. The lowest BCUT2D eigenvalue weighted by molar-refractivity contribution is 0.0270. The number of hydrogen-bond acceptors (Lipinski definition) is 5. The number of ether oxygens (including phenoxy) is 1. The number of aromatic nitrogens is 2. The van der Waals surface area contributed by atoms with Gasteiger partial charge in [0.05, 0.1) is 0 Å². The second-order valence-electron chi connectivity index (χ2n) is 7.28. The third-order valence-corrected chi connectivity index (χ3v) is 4.05. The molecule has 1 aromatic carbocycles. The predicted octanol–water partition coefficient (Wildman–Crippen LogP) is 3.06. The molecule has 0 saturated carbocycles.